The Balaban J connectivity index is 2.05. The Labute approximate surface area is 112 Å². The van der Waals surface area contributed by atoms with Gasteiger partial charge in [-0.1, -0.05) is 11.6 Å². The number of rotatable bonds is 3. The van der Waals surface area contributed by atoms with Gasteiger partial charge in [-0.2, -0.15) is 0 Å². The van der Waals surface area contributed by atoms with Crippen LogP contribution in [0.2, 0.25) is 5.15 Å². The van der Waals surface area contributed by atoms with Crippen molar-refractivity contribution in [2.45, 2.75) is 4.90 Å². The van der Waals surface area contributed by atoms with Crippen molar-refractivity contribution in [3.8, 4) is 0 Å². The smallest absolute Gasteiger partial charge is 0.254 e. The molecular weight excluding hydrogens is 276 g/mol. The second-order valence-corrected chi connectivity index (χ2v) is 6.25. The van der Waals surface area contributed by atoms with E-state index in [0.29, 0.717) is 13.1 Å². The van der Waals surface area contributed by atoms with Gasteiger partial charge in [0.05, 0.1) is 0 Å². The van der Waals surface area contributed by atoms with Crippen molar-refractivity contribution in [1.29, 1.82) is 0 Å². The van der Waals surface area contributed by atoms with E-state index in [-0.39, 0.29) is 10.0 Å². The van der Waals surface area contributed by atoms with E-state index in [2.05, 4.69) is 14.7 Å². The molecule has 18 heavy (non-hydrogen) atoms. The molecule has 1 aromatic heterocycles. The summed E-state index contributed by atoms with van der Waals surface area (Å²) in [4.78, 5) is 8.58. The van der Waals surface area contributed by atoms with Crippen LogP contribution in [0, 0.1) is 0 Å². The summed E-state index contributed by atoms with van der Waals surface area (Å²) in [5.74, 6) is 0. The Kier molecular flexibility index (Phi) is 4.18. The van der Waals surface area contributed by atoms with E-state index in [4.69, 9.17) is 11.6 Å². The SMILES string of the molecule is CN1CCN(NS(=O)(=O)c2ccc(Cl)nc2)CC1. The largest absolute Gasteiger partial charge is 0.304 e. The minimum absolute atomic E-state index is 0.117. The molecular formula is C10H15ClN4O2S. The summed E-state index contributed by atoms with van der Waals surface area (Å²) in [5.41, 5.74) is 0. The van der Waals surface area contributed by atoms with Crippen LogP contribution in [-0.4, -0.2) is 56.5 Å². The van der Waals surface area contributed by atoms with Crippen molar-refractivity contribution in [2.24, 2.45) is 0 Å². The summed E-state index contributed by atoms with van der Waals surface area (Å²) < 4.78 is 24.1. The Bertz CT molecular complexity index is 497. The molecule has 0 unspecified atom stereocenters. The predicted molar refractivity (Wildman–Crippen MR) is 68.6 cm³/mol. The van der Waals surface area contributed by atoms with Gasteiger partial charge >= 0.3 is 0 Å². The van der Waals surface area contributed by atoms with Crippen LogP contribution in [0.3, 0.4) is 0 Å². The molecule has 1 N–H and O–H groups in total. The third kappa shape index (κ3) is 3.39. The normalized spacial score (nSPS) is 19.0. The molecule has 2 heterocycles. The standard InChI is InChI=1S/C10H15ClN4O2S/c1-14-4-6-15(7-5-14)13-18(16,17)9-2-3-10(11)12-8-9/h2-3,8,13H,4-7H2,1H3. The molecule has 1 aliphatic rings. The summed E-state index contributed by atoms with van der Waals surface area (Å²) >= 11 is 5.63. The van der Waals surface area contributed by atoms with Crippen molar-refractivity contribution < 1.29 is 8.42 Å². The molecule has 0 aliphatic carbocycles. The highest BCUT2D eigenvalue weighted by molar-refractivity contribution is 7.89. The van der Waals surface area contributed by atoms with Crippen LogP contribution in [0.25, 0.3) is 0 Å². The van der Waals surface area contributed by atoms with Crippen LogP contribution in [0.1, 0.15) is 0 Å². The van der Waals surface area contributed by atoms with Crippen LogP contribution >= 0.6 is 11.6 Å². The number of pyridine rings is 1. The molecule has 100 valence electrons. The topological polar surface area (TPSA) is 65.5 Å². The van der Waals surface area contributed by atoms with Gasteiger partial charge < -0.3 is 4.90 Å². The fourth-order valence-corrected chi connectivity index (χ4v) is 2.82. The van der Waals surface area contributed by atoms with Gasteiger partial charge in [0.25, 0.3) is 10.0 Å². The Morgan fingerprint density at radius 1 is 1.28 bits per heavy atom. The number of halogens is 1. The molecule has 8 heteroatoms. The van der Waals surface area contributed by atoms with Gasteiger partial charge in [-0.05, 0) is 19.2 Å². The molecule has 0 spiro atoms. The molecule has 0 amide bonds. The van der Waals surface area contributed by atoms with Crippen molar-refractivity contribution in [3.05, 3.63) is 23.5 Å². The fourth-order valence-electron chi connectivity index (χ4n) is 1.64. The zero-order valence-corrected chi connectivity index (χ0v) is 11.6. The number of nitrogens with one attached hydrogen (secondary N) is 1. The van der Waals surface area contributed by atoms with Crippen LogP contribution in [0.5, 0.6) is 0 Å². The lowest BCUT2D eigenvalue weighted by molar-refractivity contribution is 0.135. The lowest BCUT2D eigenvalue weighted by Crippen LogP contribution is -2.52. The highest BCUT2D eigenvalue weighted by Gasteiger charge is 2.21. The average molecular weight is 291 g/mol. The van der Waals surface area contributed by atoms with Crippen molar-refractivity contribution >= 4 is 21.6 Å². The molecule has 1 aromatic rings. The molecule has 0 atom stereocenters. The molecule has 1 aliphatic heterocycles. The third-order valence-electron chi connectivity index (χ3n) is 2.76. The molecule has 0 radical (unpaired) electrons. The van der Waals surface area contributed by atoms with Crippen molar-refractivity contribution in [2.75, 3.05) is 33.2 Å². The zero-order chi connectivity index (χ0) is 13.2. The van der Waals surface area contributed by atoms with Gasteiger partial charge in [0, 0.05) is 32.4 Å². The van der Waals surface area contributed by atoms with Gasteiger partial charge in [0.1, 0.15) is 10.0 Å². The number of hydrogen-bond donors (Lipinski definition) is 1. The highest BCUT2D eigenvalue weighted by Crippen LogP contribution is 2.11. The first kappa shape index (κ1) is 13.7. The molecule has 6 nitrogen and oxygen atoms in total. The number of likely N-dealkylation sites (N-methyl/N-ethyl adjacent to an activating group) is 1. The van der Waals surface area contributed by atoms with E-state index in [1.807, 2.05) is 7.05 Å². The number of nitrogens with zero attached hydrogens (tertiary/aromatic N) is 3. The number of hydrazine groups is 1. The van der Waals surface area contributed by atoms with E-state index in [1.54, 1.807) is 5.01 Å². The minimum Gasteiger partial charge on any atom is -0.304 e. The second-order valence-electron chi connectivity index (χ2n) is 4.20. The first-order valence-corrected chi connectivity index (χ1v) is 7.41. The van der Waals surface area contributed by atoms with Gasteiger partial charge in [-0.3, -0.25) is 0 Å². The lowest BCUT2D eigenvalue weighted by atomic mass is 10.4. The molecule has 1 fully saturated rings. The number of aromatic nitrogens is 1. The van der Waals surface area contributed by atoms with Crippen LogP contribution in [0.15, 0.2) is 23.2 Å². The van der Waals surface area contributed by atoms with Crippen LogP contribution < -0.4 is 4.83 Å². The van der Waals surface area contributed by atoms with E-state index in [1.165, 1.54) is 18.3 Å². The van der Waals surface area contributed by atoms with E-state index < -0.39 is 10.0 Å². The molecule has 1 saturated heterocycles. The maximum absolute atomic E-state index is 12.0. The highest BCUT2D eigenvalue weighted by atomic mass is 35.5. The summed E-state index contributed by atoms with van der Waals surface area (Å²) in [6.45, 7) is 3.00. The summed E-state index contributed by atoms with van der Waals surface area (Å²) in [6.07, 6.45) is 1.25. The summed E-state index contributed by atoms with van der Waals surface area (Å²) in [5, 5.41) is 1.97. The Morgan fingerprint density at radius 3 is 2.50 bits per heavy atom. The lowest BCUT2D eigenvalue weighted by Gasteiger charge is -2.32. The summed E-state index contributed by atoms with van der Waals surface area (Å²) in [7, 11) is -1.55. The average Bonchev–Trinajstić information content (AvgIpc) is 2.32. The number of sulfonamides is 1. The minimum atomic E-state index is -3.56. The molecule has 0 bridgehead atoms. The first-order valence-electron chi connectivity index (χ1n) is 5.55. The van der Waals surface area contributed by atoms with Crippen molar-refractivity contribution in [3.63, 3.8) is 0 Å². The van der Waals surface area contributed by atoms with E-state index in [9.17, 15) is 8.42 Å². The van der Waals surface area contributed by atoms with Crippen molar-refractivity contribution in [1.82, 2.24) is 19.7 Å². The van der Waals surface area contributed by atoms with Gasteiger partial charge in [0.15, 0.2) is 0 Å². The molecule has 0 saturated carbocycles. The predicted octanol–water partition coefficient (Wildman–Crippen LogP) is 0.176. The fraction of sp³-hybridized carbons (Fsp3) is 0.500. The Hall–Kier alpha value is -0.730. The van der Waals surface area contributed by atoms with E-state index >= 15 is 0 Å². The number of hydrogen-bond acceptors (Lipinski definition) is 5. The second kappa shape index (κ2) is 5.50. The van der Waals surface area contributed by atoms with Crippen LogP contribution in [0.4, 0.5) is 0 Å². The third-order valence-corrected chi connectivity index (χ3v) is 4.35. The Morgan fingerprint density at radius 2 is 1.94 bits per heavy atom. The summed E-state index contributed by atoms with van der Waals surface area (Å²) in [6, 6.07) is 2.90. The molecule has 2 rings (SSSR count). The van der Waals surface area contributed by atoms with Gasteiger partial charge in [0.2, 0.25) is 0 Å². The van der Waals surface area contributed by atoms with Gasteiger partial charge in [-0.15, -0.1) is 4.83 Å². The molecule has 0 aromatic carbocycles. The monoisotopic (exact) mass is 290 g/mol. The van der Waals surface area contributed by atoms with Gasteiger partial charge in [-0.25, -0.2) is 18.4 Å². The van der Waals surface area contributed by atoms with E-state index in [0.717, 1.165) is 13.1 Å². The maximum atomic E-state index is 12.0. The quantitative estimate of drug-likeness (QED) is 0.804. The first-order chi connectivity index (χ1) is 8.47. The maximum Gasteiger partial charge on any atom is 0.254 e. The zero-order valence-electron chi connectivity index (χ0n) is 10.0. The van der Waals surface area contributed by atoms with Crippen LogP contribution in [-0.2, 0) is 10.0 Å². The number of piperazine rings is 1.